The zero-order valence-electron chi connectivity index (χ0n) is 8.57. The van der Waals surface area contributed by atoms with Crippen molar-refractivity contribution in [1.82, 2.24) is 5.32 Å². The van der Waals surface area contributed by atoms with Gasteiger partial charge >= 0.3 is 0 Å². The van der Waals surface area contributed by atoms with Crippen LogP contribution in [0.5, 0.6) is 0 Å². The van der Waals surface area contributed by atoms with Crippen LogP contribution < -0.4 is 5.32 Å². The van der Waals surface area contributed by atoms with E-state index in [0.717, 1.165) is 25.8 Å². The number of nitrogens with one attached hydrogen (secondary N) is 1. The highest BCUT2D eigenvalue weighted by atomic mass is 32.2. The molecule has 1 fully saturated rings. The molecule has 0 aromatic carbocycles. The van der Waals surface area contributed by atoms with Crippen molar-refractivity contribution in [2.75, 3.05) is 25.1 Å². The molecule has 0 spiro atoms. The average Bonchev–Trinajstić information content (AvgIpc) is 2.44. The molecule has 0 radical (unpaired) electrons. The van der Waals surface area contributed by atoms with Crippen molar-refractivity contribution in [3.8, 4) is 0 Å². The monoisotopic (exact) mass is 221 g/mol. The van der Waals surface area contributed by atoms with E-state index in [9.17, 15) is 13.5 Å². The predicted octanol–water partition coefficient (Wildman–Crippen LogP) is -0.218. The Kier molecular flexibility index (Phi) is 4.34. The van der Waals surface area contributed by atoms with Gasteiger partial charge in [0, 0.05) is 12.8 Å². The zero-order chi connectivity index (χ0) is 10.6. The normalized spacial score (nSPS) is 28.1. The summed E-state index contributed by atoms with van der Waals surface area (Å²) in [4.78, 5) is 0. The lowest BCUT2D eigenvalue weighted by Gasteiger charge is -2.09. The number of aliphatic hydroxyl groups is 1. The van der Waals surface area contributed by atoms with Gasteiger partial charge in [-0.2, -0.15) is 0 Å². The zero-order valence-corrected chi connectivity index (χ0v) is 9.39. The van der Waals surface area contributed by atoms with Crippen molar-refractivity contribution >= 4 is 9.84 Å². The largest absolute Gasteiger partial charge is 0.393 e. The number of hydrogen-bond acceptors (Lipinski definition) is 4. The minimum absolute atomic E-state index is 0.142. The van der Waals surface area contributed by atoms with E-state index in [1.54, 1.807) is 0 Å². The molecule has 0 amide bonds. The van der Waals surface area contributed by atoms with Crippen molar-refractivity contribution in [1.29, 1.82) is 0 Å². The Morgan fingerprint density at radius 2 is 2.14 bits per heavy atom. The maximum Gasteiger partial charge on any atom is 0.148 e. The number of hydrogen-bond donors (Lipinski definition) is 2. The van der Waals surface area contributed by atoms with E-state index in [4.69, 9.17) is 0 Å². The molecule has 14 heavy (non-hydrogen) atoms. The van der Waals surface area contributed by atoms with Gasteiger partial charge < -0.3 is 10.4 Å². The highest BCUT2D eigenvalue weighted by Gasteiger charge is 2.21. The molecule has 5 heteroatoms. The average molecular weight is 221 g/mol. The van der Waals surface area contributed by atoms with Crippen molar-refractivity contribution < 1.29 is 13.5 Å². The molecule has 0 saturated heterocycles. The first-order chi connectivity index (χ1) is 6.47. The van der Waals surface area contributed by atoms with E-state index in [0.29, 0.717) is 12.5 Å². The van der Waals surface area contributed by atoms with Gasteiger partial charge in [-0.15, -0.1) is 0 Å². The minimum Gasteiger partial charge on any atom is -0.393 e. The summed E-state index contributed by atoms with van der Waals surface area (Å²) in [5.74, 6) is 0.715. The predicted molar refractivity (Wildman–Crippen MR) is 55.9 cm³/mol. The third kappa shape index (κ3) is 4.93. The molecule has 4 nitrogen and oxygen atoms in total. The van der Waals surface area contributed by atoms with Gasteiger partial charge in [-0.1, -0.05) is 0 Å². The highest BCUT2D eigenvalue weighted by Crippen LogP contribution is 2.24. The lowest BCUT2D eigenvalue weighted by molar-refractivity contribution is 0.177. The van der Waals surface area contributed by atoms with E-state index >= 15 is 0 Å². The first-order valence-corrected chi connectivity index (χ1v) is 7.10. The van der Waals surface area contributed by atoms with Gasteiger partial charge in [0.05, 0.1) is 11.9 Å². The fourth-order valence-electron chi connectivity index (χ4n) is 1.80. The Bertz CT molecular complexity index is 263. The standard InChI is InChI=1S/C9H19NO3S/c1-14(12,13)5-4-10-7-8-2-3-9(11)6-8/h8-11H,2-7H2,1H3. The molecule has 1 rings (SSSR count). The van der Waals surface area contributed by atoms with Gasteiger partial charge in [0.1, 0.15) is 9.84 Å². The SMILES string of the molecule is CS(=O)(=O)CCNCC1CCC(O)C1. The van der Waals surface area contributed by atoms with E-state index in [-0.39, 0.29) is 11.9 Å². The smallest absolute Gasteiger partial charge is 0.148 e. The van der Waals surface area contributed by atoms with Gasteiger partial charge in [0.2, 0.25) is 0 Å². The molecule has 1 aliphatic rings. The molecule has 84 valence electrons. The van der Waals surface area contributed by atoms with Crippen LogP contribution >= 0.6 is 0 Å². The molecule has 0 bridgehead atoms. The van der Waals surface area contributed by atoms with Crippen molar-refractivity contribution in [2.45, 2.75) is 25.4 Å². The number of rotatable bonds is 5. The second-order valence-corrected chi connectivity index (χ2v) is 6.43. The van der Waals surface area contributed by atoms with Crippen molar-refractivity contribution in [3.63, 3.8) is 0 Å². The highest BCUT2D eigenvalue weighted by molar-refractivity contribution is 7.90. The van der Waals surface area contributed by atoms with Crippen LogP contribution in [0.4, 0.5) is 0 Å². The van der Waals surface area contributed by atoms with Crippen LogP contribution in [0.15, 0.2) is 0 Å². The van der Waals surface area contributed by atoms with Crippen molar-refractivity contribution in [3.05, 3.63) is 0 Å². The summed E-state index contributed by atoms with van der Waals surface area (Å²) < 4.78 is 21.6. The van der Waals surface area contributed by atoms with E-state index < -0.39 is 9.84 Å². The quantitative estimate of drug-likeness (QED) is 0.630. The summed E-state index contributed by atoms with van der Waals surface area (Å²) in [6.07, 6.45) is 3.89. The van der Waals surface area contributed by atoms with Crippen LogP contribution in [0, 0.1) is 5.92 Å². The summed E-state index contributed by atoms with van der Waals surface area (Å²) >= 11 is 0. The summed E-state index contributed by atoms with van der Waals surface area (Å²) in [5.41, 5.74) is 0. The Labute approximate surface area is 85.6 Å². The van der Waals surface area contributed by atoms with Gasteiger partial charge in [-0.05, 0) is 31.7 Å². The summed E-state index contributed by atoms with van der Waals surface area (Å²) in [7, 11) is -2.84. The van der Waals surface area contributed by atoms with Crippen LogP contribution in [0.25, 0.3) is 0 Å². The van der Waals surface area contributed by atoms with Gasteiger partial charge in [0.25, 0.3) is 0 Å². The number of sulfone groups is 1. The molecule has 2 unspecified atom stereocenters. The molecule has 2 atom stereocenters. The Balaban J connectivity index is 2.05. The van der Waals surface area contributed by atoms with Crippen LogP contribution in [-0.4, -0.2) is 44.7 Å². The first kappa shape index (κ1) is 11.9. The Morgan fingerprint density at radius 3 is 2.64 bits per heavy atom. The topological polar surface area (TPSA) is 66.4 Å². The second kappa shape index (κ2) is 5.09. The first-order valence-electron chi connectivity index (χ1n) is 5.04. The van der Waals surface area contributed by atoms with Gasteiger partial charge in [-0.3, -0.25) is 0 Å². The molecule has 0 aliphatic heterocycles. The molecule has 1 aliphatic carbocycles. The summed E-state index contributed by atoms with van der Waals surface area (Å²) in [6, 6.07) is 0. The summed E-state index contributed by atoms with van der Waals surface area (Å²) in [6.45, 7) is 1.35. The molecule has 0 heterocycles. The third-order valence-corrected chi connectivity index (χ3v) is 3.54. The van der Waals surface area contributed by atoms with Crippen LogP contribution in [-0.2, 0) is 9.84 Å². The minimum atomic E-state index is -2.84. The molecular formula is C9H19NO3S. The Morgan fingerprint density at radius 1 is 1.43 bits per heavy atom. The summed E-state index contributed by atoms with van der Waals surface area (Å²) in [5, 5.41) is 12.4. The second-order valence-electron chi connectivity index (χ2n) is 4.17. The Hall–Kier alpha value is -0.130. The third-order valence-electron chi connectivity index (χ3n) is 2.60. The molecule has 1 saturated carbocycles. The van der Waals surface area contributed by atoms with Crippen molar-refractivity contribution in [2.24, 2.45) is 5.92 Å². The lowest BCUT2D eigenvalue weighted by Crippen LogP contribution is -2.27. The molecule has 2 N–H and O–H groups in total. The molecule has 0 aromatic heterocycles. The maximum atomic E-state index is 10.8. The van der Waals surface area contributed by atoms with Gasteiger partial charge in [-0.25, -0.2) is 8.42 Å². The van der Waals surface area contributed by atoms with Crippen LogP contribution in [0.3, 0.4) is 0 Å². The fraction of sp³-hybridized carbons (Fsp3) is 1.00. The van der Waals surface area contributed by atoms with E-state index in [1.165, 1.54) is 6.26 Å². The van der Waals surface area contributed by atoms with E-state index in [2.05, 4.69) is 5.32 Å². The lowest BCUT2D eigenvalue weighted by atomic mass is 10.1. The molecule has 0 aromatic rings. The molecular weight excluding hydrogens is 202 g/mol. The maximum absolute atomic E-state index is 10.8. The fourth-order valence-corrected chi connectivity index (χ4v) is 2.31. The van der Waals surface area contributed by atoms with Gasteiger partial charge in [0.15, 0.2) is 0 Å². The number of aliphatic hydroxyl groups excluding tert-OH is 1. The van der Waals surface area contributed by atoms with Crippen LogP contribution in [0.2, 0.25) is 0 Å². The van der Waals surface area contributed by atoms with Crippen LogP contribution in [0.1, 0.15) is 19.3 Å². The van der Waals surface area contributed by atoms with E-state index in [1.807, 2.05) is 0 Å².